The molecule has 1 aliphatic rings. The first-order valence-corrected chi connectivity index (χ1v) is 6.86. The second-order valence-corrected chi connectivity index (χ2v) is 5.47. The summed E-state index contributed by atoms with van der Waals surface area (Å²) in [7, 11) is 0. The van der Waals surface area contributed by atoms with Gasteiger partial charge in [0, 0.05) is 21.9 Å². The lowest BCUT2D eigenvalue weighted by Gasteiger charge is -2.42. The molecule has 0 aromatic heterocycles. The fourth-order valence-electron chi connectivity index (χ4n) is 2.28. The largest absolute Gasteiger partial charge is 0.330 e. The van der Waals surface area contributed by atoms with Crippen molar-refractivity contribution in [1.82, 2.24) is 0 Å². The van der Waals surface area contributed by atoms with E-state index >= 15 is 0 Å². The van der Waals surface area contributed by atoms with Crippen LogP contribution in [0.5, 0.6) is 0 Å². The van der Waals surface area contributed by atoms with E-state index in [4.69, 9.17) is 17.3 Å². The van der Waals surface area contributed by atoms with Gasteiger partial charge in [-0.25, -0.2) is 0 Å². The Morgan fingerprint density at radius 2 is 2.20 bits per heavy atom. The molecule has 0 amide bonds. The zero-order valence-corrected chi connectivity index (χ0v) is 10.5. The minimum Gasteiger partial charge on any atom is -0.330 e. The van der Waals surface area contributed by atoms with Gasteiger partial charge in [-0.1, -0.05) is 18.0 Å². The molecule has 1 aliphatic carbocycles. The highest BCUT2D eigenvalue weighted by molar-refractivity contribution is 7.98. The molecular weight excluding hydrogens is 226 g/mol. The van der Waals surface area contributed by atoms with Gasteiger partial charge < -0.3 is 5.73 Å². The molecule has 3 heteroatoms. The first-order chi connectivity index (χ1) is 7.22. The molecule has 0 unspecified atom stereocenters. The van der Waals surface area contributed by atoms with E-state index in [2.05, 4.69) is 18.4 Å². The minimum atomic E-state index is 0.212. The quantitative estimate of drug-likeness (QED) is 0.821. The summed E-state index contributed by atoms with van der Waals surface area (Å²) in [5.74, 6) is 0. The van der Waals surface area contributed by atoms with Crippen molar-refractivity contribution in [3.05, 3.63) is 28.8 Å². The Bertz CT molecular complexity index is 355. The summed E-state index contributed by atoms with van der Waals surface area (Å²) in [5.41, 5.74) is 7.49. The molecule has 1 saturated carbocycles. The van der Waals surface area contributed by atoms with Crippen molar-refractivity contribution in [2.24, 2.45) is 5.73 Å². The van der Waals surface area contributed by atoms with Crippen LogP contribution in [0.4, 0.5) is 0 Å². The number of thioether (sulfide) groups is 1. The zero-order valence-electron chi connectivity index (χ0n) is 8.92. The van der Waals surface area contributed by atoms with Gasteiger partial charge in [-0.3, -0.25) is 0 Å². The molecule has 1 nitrogen and oxygen atoms in total. The molecule has 2 N–H and O–H groups in total. The molecule has 1 aromatic rings. The maximum atomic E-state index is 6.07. The average molecular weight is 242 g/mol. The van der Waals surface area contributed by atoms with Crippen LogP contribution in [-0.4, -0.2) is 12.8 Å². The summed E-state index contributed by atoms with van der Waals surface area (Å²) >= 11 is 7.85. The van der Waals surface area contributed by atoms with E-state index in [1.165, 1.54) is 29.7 Å². The first-order valence-electron chi connectivity index (χ1n) is 5.26. The third-order valence-electron chi connectivity index (χ3n) is 3.43. The van der Waals surface area contributed by atoms with Crippen LogP contribution in [0, 0.1) is 0 Å². The smallest absolute Gasteiger partial charge is 0.0409 e. The van der Waals surface area contributed by atoms with Gasteiger partial charge in [0.2, 0.25) is 0 Å². The third kappa shape index (κ3) is 1.91. The topological polar surface area (TPSA) is 26.0 Å². The standard InChI is InChI=1S/C12H16ClNS/c1-15-11-4-3-9(13)7-10(11)12(8-14)5-2-6-12/h3-4,7H,2,5-6,8,14H2,1H3. The van der Waals surface area contributed by atoms with Crippen molar-refractivity contribution >= 4 is 23.4 Å². The van der Waals surface area contributed by atoms with E-state index in [0.29, 0.717) is 0 Å². The molecule has 0 bridgehead atoms. The van der Waals surface area contributed by atoms with Gasteiger partial charge in [0.1, 0.15) is 0 Å². The first kappa shape index (κ1) is 11.3. The predicted octanol–water partition coefficient (Wildman–Crippen LogP) is 3.44. The van der Waals surface area contributed by atoms with Crippen LogP contribution in [0.2, 0.25) is 5.02 Å². The second kappa shape index (κ2) is 4.36. The average Bonchev–Trinajstić information content (AvgIpc) is 2.17. The van der Waals surface area contributed by atoms with E-state index < -0.39 is 0 Å². The Labute approximate surface area is 100 Å². The number of nitrogens with two attached hydrogens (primary N) is 1. The van der Waals surface area contributed by atoms with Gasteiger partial charge in [0.25, 0.3) is 0 Å². The van der Waals surface area contributed by atoms with Crippen LogP contribution in [-0.2, 0) is 5.41 Å². The number of halogens is 1. The minimum absolute atomic E-state index is 0.212. The fraction of sp³-hybridized carbons (Fsp3) is 0.500. The van der Waals surface area contributed by atoms with Crippen LogP contribution < -0.4 is 5.73 Å². The lowest BCUT2D eigenvalue weighted by molar-refractivity contribution is 0.249. The van der Waals surface area contributed by atoms with E-state index in [9.17, 15) is 0 Å². The third-order valence-corrected chi connectivity index (χ3v) is 4.47. The van der Waals surface area contributed by atoms with E-state index in [0.717, 1.165) is 11.6 Å². The Kier molecular flexibility index (Phi) is 3.29. The predicted molar refractivity (Wildman–Crippen MR) is 67.8 cm³/mol. The fourth-order valence-corrected chi connectivity index (χ4v) is 3.15. The zero-order chi connectivity index (χ0) is 10.9. The summed E-state index contributed by atoms with van der Waals surface area (Å²) in [4.78, 5) is 1.32. The van der Waals surface area contributed by atoms with Crippen molar-refractivity contribution in [2.75, 3.05) is 12.8 Å². The van der Waals surface area contributed by atoms with Gasteiger partial charge in [-0.15, -0.1) is 11.8 Å². The molecule has 0 aliphatic heterocycles. The monoisotopic (exact) mass is 241 g/mol. The van der Waals surface area contributed by atoms with E-state index in [1.807, 2.05) is 6.07 Å². The summed E-state index contributed by atoms with van der Waals surface area (Å²) in [6.45, 7) is 0.737. The maximum absolute atomic E-state index is 6.07. The highest BCUT2D eigenvalue weighted by Crippen LogP contribution is 2.46. The van der Waals surface area contributed by atoms with Gasteiger partial charge >= 0.3 is 0 Å². The highest BCUT2D eigenvalue weighted by atomic mass is 35.5. The van der Waals surface area contributed by atoms with Gasteiger partial charge in [0.05, 0.1) is 0 Å². The van der Waals surface area contributed by atoms with Gasteiger partial charge in [-0.2, -0.15) is 0 Å². The Morgan fingerprint density at radius 3 is 2.67 bits per heavy atom. The van der Waals surface area contributed by atoms with Crippen molar-refractivity contribution in [3.8, 4) is 0 Å². The molecule has 0 atom stereocenters. The lowest BCUT2D eigenvalue weighted by Crippen LogP contribution is -2.41. The number of hydrogen-bond donors (Lipinski definition) is 1. The molecule has 0 spiro atoms. The molecule has 15 heavy (non-hydrogen) atoms. The number of hydrogen-bond acceptors (Lipinski definition) is 2. The Hall–Kier alpha value is -0.180. The van der Waals surface area contributed by atoms with E-state index in [-0.39, 0.29) is 5.41 Å². The molecule has 0 saturated heterocycles. The number of benzene rings is 1. The molecule has 1 aromatic carbocycles. The van der Waals surface area contributed by atoms with Crippen molar-refractivity contribution in [2.45, 2.75) is 29.6 Å². The molecule has 0 radical (unpaired) electrons. The van der Waals surface area contributed by atoms with Crippen molar-refractivity contribution in [1.29, 1.82) is 0 Å². The van der Waals surface area contributed by atoms with Crippen LogP contribution in [0.25, 0.3) is 0 Å². The molecule has 0 heterocycles. The van der Waals surface area contributed by atoms with Gasteiger partial charge in [0.15, 0.2) is 0 Å². The Morgan fingerprint density at radius 1 is 1.47 bits per heavy atom. The molecule has 2 rings (SSSR count). The Balaban J connectivity index is 2.44. The second-order valence-electron chi connectivity index (χ2n) is 4.18. The SMILES string of the molecule is CSc1ccc(Cl)cc1C1(CN)CCC1. The van der Waals surface area contributed by atoms with Crippen molar-refractivity contribution < 1.29 is 0 Å². The van der Waals surface area contributed by atoms with Gasteiger partial charge in [-0.05, 0) is 42.9 Å². The maximum Gasteiger partial charge on any atom is 0.0409 e. The summed E-state index contributed by atoms with van der Waals surface area (Å²) in [5, 5.41) is 0.822. The molecule has 82 valence electrons. The normalized spacial score (nSPS) is 18.6. The summed E-state index contributed by atoms with van der Waals surface area (Å²) < 4.78 is 0. The number of rotatable bonds is 3. The van der Waals surface area contributed by atoms with Crippen LogP contribution in [0.3, 0.4) is 0 Å². The van der Waals surface area contributed by atoms with E-state index in [1.54, 1.807) is 11.8 Å². The summed E-state index contributed by atoms with van der Waals surface area (Å²) in [6.07, 6.45) is 5.81. The highest BCUT2D eigenvalue weighted by Gasteiger charge is 2.38. The lowest BCUT2D eigenvalue weighted by atomic mass is 9.64. The van der Waals surface area contributed by atoms with Crippen LogP contribution in [0.15, 0.2) is 23.1 Å². The van der Waals surface area contributed by atoms with Crippen LogP contribution >= 0.6 is 23.4 Å². The molecule has 1 fully saturated rings. The summed E-state index contributed by atoms with van der Waals surface area (Å²) in [6, 6.07) is 6.16. The molecular formula is C12H16ClNS. The van der Waals surface area contributed by atoms with Crippen LogP contribution in [0.1, 0.15) is 24.8 Å². The van der Waals surface area contributed by atoms with Crippen molar-refractivity contribution in [3.63, 3.8) is 0 Å².